The Morgan fingerprint density at radius 3 is 2.37 bits per heavy atom. The van der Waals surface area contributed by atoms with Crippen LogP contribution in [0.1, 0.15) is 73.7 Å². The molecular formula is C50H47N3O+2. The SMILES string of the molecule is C=C1CC2C(CCc3ccc4c(oc5ccccc54)c3-c3n(-c4c(CCC)cccc4CCC)c4ccccc4[n+]3C1)c1ccccc1-c1cccc[n+]12. The Balaban J connectivity index is 1.31. The molecule has 4 nitrogen and oxygen atoms in total. The first kappa shape index (κ1) is 32.9. The van der Waals surface area contributed by atoms with E-state index in [2.05, 4.69) is 155 Å². The second-order valence-corrected chi connectivity index (χ2v) is 15.5. The van der Waals surface area contributed by atoms with Gasteiger partial charge in [-0.2, -0.15) is 9.13 Å². The predicted octanol–water partition coefficient (Wildman–Crippen LogP) is 11.6. The number of para-hydroxylation sites is 4. The lowest BCUT2D eigenvalue weighted by Gasteiger charge is -2.31. The van der Waals surface area contributed by atoms with Gasteiger partial charge < -0.3 is 4.42 Å². The van der Waals surface area contributed by atoms with Crippen LogP contribution in [-0.4, -0.2) is 4.57 Å². The first-order valence-electron chi connectivity index (χ1n) is 20.0. The van der Waals surface area contributed by atoms with Crippen molar-refractivity contribution in [2.24, 2.45) is 0 Å². The van der Waals surface area contributed by atoms with Crippen molar-refractivity contribution in [1.29, 1.82) is 0 Å². The lowest BCUT2D eigenvalue weighted by molar-refractivity contribution is -0.719. The molecule has 5 heterocycles. The third-order valence-electron chi connectivity index (χ3n) is 12.2. The van der Waals surface area contributed by atoms with Gasteiger partial charge in [0.15, 0.2) is 28.9 Å². The highest BCUT2D eigenvalue weighted by molar-refractivity contribution is 6.10. The maximum atomic E-state index is 7.03. The Morgan fingerprint density at radius 1 is 0.759 bits per heavy atom. The average Bonchev–Trinajstić information content (AvgIpc) is 3.72. The smallest absolute Gasteiger partial charge is 0.299 e. The number of pyridine rings is 1. The van der Waals surface area contributed by atoms with Crippen LogP contribution in [0, 0.1) is 0 Å². The molecule has 4 heteroatoms. The molecule has 0 aliphatic carbocycles. The van der Waals surface area contributed by atoms with E-state index in [9.17, 15) is 0 Å². The van der Waals surface area contributed by atoms with Crippen LogP contribution in [0.4, 0.5) is 0 Å². The first-order valence-corrected chi connectivity index (χ1v) is 20.0. The van der Waals surface area contributed by atoms with E-state index in [1.54, 1.807) is 0 Å². The summed E-state index contributed by atoms with van der Waals surface area (Å²) in [5.74, 6) is 1.52. The summed E-state index contributed by atoms with van der Waals surface area (Å²) in [5.41, 5.74) is 16.3. The van der Waals surface area contributed by atoms with Crippen LogP contribution in [-0.2, 0) is 25.8 Å². The van der Waals surface area contributed by atoms with Crippen molar-refractivity contribution in [2.75, 3.05) is 0 Å². The Hall–Kier alpha value is -5.74. The number of hydrogen-bond donors (Lipinski definition) is 0. The molecule has 0 N–H and O–H groups in total. The van der Waals surface area contributed by atoms with Gasteiger partial charge in [-0.3, -0.25) is 0 Å². The van der Waals surface area contributed by atoms with Crippen LogP contribution < -0.4 is 9.13 Å². The number of benzene rings is 5. The molecule has 10 rings (SSSR count). The van der Waals surface area contributed by atoms with Crippen molar-refractivity contribution in [3.05, 3.63) is 162 Å². The summed E-state index contributed by atoms with van der Waals surface area (Å²) in [5, 5.41) is 2.33. The zero-order valence-electron chi connectivity index (χ0n) is 31.4. The highest BCUT2D eigenvalue weighted by atomic mass is 16.3. The predicted molar refractivity (Wildman–Crippen MR) is 220 cm³/mol. The van der Waals surface area contributed by atoms with Crippen molar-refractivity contribution < 1.29 is 13.6 Å². The molecule has 2 atom stereocenters. The standard InChI is InChI=1S/C50H47N3O/c1-4-15-35-17-14-18-36(16-5-2)48(35)53-44-24-10-9-23-43(44)52-32-33(3)31-45-39(37-19-6-7-20-38(37)42-22-12-13-30-51(42)45)28-26-34-27-29-41-40-21-8-11-25-46(40)54-49(41)47(34)50(52)53/h6-14,17-25,27,29-30,39,45H,3-5,15-16,26,28,31-32H2,1-2H3/q+2. The molecule has 0 amide bonds. The van der Waals surface area contributed by atoms with Gasteiger partial charge >= 0.3 is 0 Å². The van der Waals surface area contributed by atoms with Crippen molar-refractivity contribution in [2.45, 2.75) is 77.3 Å². The molecular weight excluding hydrogens is 659 g/mol. The fraction of sp³-hybridized carbons (Fsp3) is 0.240. The van der Waals surface area contributed by atoms with Crippen molar-refractivity contribution in [3.8, 4) is 28.3 Å². The lowest BCUT2D eigenvalue weighted by atomic mass is 9.77. The van der Waals surface area contributed by atoms with E-state index >= 15 is 0 Å². The zero-order chi connectivity index (χ0) is 36.3. The molecule has 2 aliphatic heterocycles. The van der Waals surface area contributed by atoms with Gasteiger partial charge in [0.1, 0.15) is 23.4 Å². The number of nitrogens with zero attached hydrogens (tertiary/aromatic N) is 3. The zero-order valence-corrected chi connectivity index (χ0v) is 31.4. The van der Waals surface area contributed by atoms with Crippen LogP contribution >= 0.6 is 0 Å². The minimum atomic E-state index is 0.263. The molecule has 54 heavy (non-hydrogen) atoms. The summed E-state index contributed by atoms with van der Waals surface area (Å²) in [6.07, 6.45) is 9.35. The van der Waals surface area contributed by atoms with E-state index in [4.69, 9.17) is 11.0 Å². The molecule has 0 spiro atoms. The molecule has 0 saturated heterocycles. The molecule has 5 aromatic carbocycles. The van der Waals surface area contributed by atoms with E-state index in [-0.39, 0.29) is 6.04 Å². The Labute approximate surface area is 317 Å². The van der Waals surface area contributed by atoms with E-state index in [1.165, 1.54) is 72.6 Å². The largest absolute Gasteiger partial charge is 0.455 e. The van der Waals surface area contributed by atoms with Gasteiger partial charge in [0.25, 0.3) is 5.82 Å². The first-order chi connectivity index (χ1) is 26.6. The molecule has 3 aromatic heterocycles. The number of aryl methyl sites for hydroxylation is 3. The molecule has 0 fully saturated rings. The van der Waals surface area contributed by atoms with Crippen LogP contribution in [0.2, 0.25) is 0 Å². The summed E-state index contributed by atoms with van der Waals surface area (Å²) in [6.45, 7) is 10.2. The Kier molecular flexibility index (Phi) is 8.09. The number of fused-ring (bicyclic) bond motifs is 15. The summed E-state index contributed by atoms with van der Waals surface area (Å²) in [7, 11) is 0. The van der Waals surface area contributed by atoms with Gasteiger partial charge in [-0.25, -0.2) is 4.57 Å². The van der Waals surface area contributed by atoms with Gasteiger partial charge in [-0.1, -0.05) is 112 Å². The van der Waals surface area contributed by atoms with Crippen LogP contribution in [0.5, 0.6) is 0 Å². The number of hydrogen-bond acceptors (Lipinski definition) is 1. The number of allylic oxidation sites excluding steroid dienone is 1. The highest BCUT2D eigenvalue weighted by Gasteiger charge is 2.42. The molecule has 2 unspecified atom stereocenters. The number of aromatic nitrogens is 3. The third-order valence-corrected chi connectivity index (χ3v) is 12.2. The second-order valence-electron chi connectivity index (χ2n) is 15.5. The van der Waals surface area contributed by atoms with Gasteiger partial charge in [0, 0.05) is 40.8 Å². The highest BCUT2D eigenvalue weighted by Crippen LogP contribution is 2.46. The fourth-order valence-electron chi connectivity index (χ4n) is 9.93. The average molecular weight is 706 g/mol. The van der Waals surface area contributed by atoms with Crippen molar-refractivity contribution >= 4 is 33.0 Å². The summed E-state index contributed by atoms with van der Waals surface area (Å²) in [6, 6.07) is 45.3. The maximum absolute atomic E-state index is 7.03. The van der Waals surface area contributed by atoms with E-state index in [0.29, 0.717) is 12.5 Å². The fourth-order valence-corrected chi connectivity index (χ4v) is 9.93. The Morgan fingerprint density at radius 2 is 1.52 bits per heavy atom. The molecule has 266 valence electrons. The van der Waals surface area contributed by atoms with Crippen molar-refractivity contribution in [3.63, 3.8) is 0 Å². The summed E-state index contributed by atoms with van der Waals surface area (Å²) >= 11 is 0. The quantitative estimate of drug-likeness (QED) is 0.129. The minimum absolute atomic E-state index is 0.263. The molecule has 2 aliphatic rings. The third kappa shape index (κ3) is 5.10. The molecule has 8 aromatic rings. The lowest BCUT2D eigenvalue weighted by Crippen LogP contribution is -2.48. The van der Waals surface area contributed by atoms with Gasteiger partial charge in [0.05, 0.1) is 0 Å². The normalized spacial score (nSPS) is 16.7. The summed E-state index contributed by atoms with van der Waals surface area (Å²) in [4.78, 5) is 0. The van der Waals surface area contributed by atoms with E-state index in [0.717, 1.165) is 61.5 Å². The van der Waals surface area contributed by atoms with Gasteiger partial charge in [0.2, 0.25) is 5.69 Å². The minimum Gasteiger partial charge on any atom is -0.455 e. The van der Waals surface area contributed by atoms with Crippen LogP contribution in [0.25, 0.3) is 61.3 Å². The van der Waals surface area contributed by atoms with Crippen LogP contribution in [0.15, 0.2) is 144 Å². The number of furan rings is 1. The monoisotopic (exact) mass is 705 g/mol. The van der Waals surface area contributed by atoms with E-state index in [1.807, 2.05) is 0 Å². The van der Waals surface area contributed by atoms with Crippen LogP contribution in [0.3, 0.4) is 0 Å². The molecule has 0 bridgehead atoms. The van der Waals surface area contributed by atoms with Gasteiger partial charge in [-0.05, 0) is 83.8 Å². The number of imidazole rings is 1. The van der Waals surface area contributed by atoms with Crippen molar-refractivity contribution in [1.82, 2.24) is 4.57 Å². The topological polar surface area (TPSA) is 25.8 Å². The van der Waals surface area contributed by atoms with Gasteiger partial charge in [-0.15, -0.1) is 0 Å². The number of rotatable bonds is 5. The molecule has 0 radical (unpaired) electrons. The second kappa shape index (κ2) is 13.3. The maximum Gasteiger partial charge on any atom is 0.299 e. The molecule has 0 saturated carbocycles. The van der Waals surface area contributed by atoms with E-state index < -0.39 is 0 Å². The Bertz CT molecular complexity index is 2720. The summed E-state index contributed by atoms with van der Waals surface area (Å²) < 4.78 is 14.8.